The average molecular weight is 249 g/mol. The number of aryl methyl sites for hydroxylation is 1. The minimum absolute atomic E-state index is 0.103. The van der Waals surface area contributed by atoms with Gasteiger partial charge in [0, 0.05) is 24.9 Å². The van der Waals surface area contributed by atoms with Crippen LogP contribution in [0.25, 0.3) is 0 Å². The topological polar surface area (TPSA) is 43.7 Å². The number of nitrogens with zero attached hydrogens (tertiary/aromatic N) is 1. The largest absolute Gasteiger partial charge is 0.396 e. The van der Waals surface area contributed by atoms with Crippen LogP contribution >= 0.6 is 0 Å². The summed E-state index contributed by atoms with van der Waals surface area (Å²) in [5.41, 5.74) is 3.36. The lowest BCUT2D eigenvalue weighted by molar-refractivity contribution is 0.281. The van der Waals surface area contributed by atoms with Gasteiger partial charge in [0.15, 0.2) is 0 Å². The molecule has 100 valence electrons. The average Bonchev–Trinajstić information content (AvgIpc) is 2.32. The van der Waals surface area contributed by atoms with E-state index in [1.54, 1.807) is 0 Å². The standard InChI is InChI=1S/C15H23NO2/c1-12-10-15(7-6-13(12)11-18)16(8-3-9-17)14-4-2-5-14/h6-7,10,14,17-18H,2-5,8-9,11H2,1H3. The summed E-state index contributed by atoms with van der Waals surface area (Å²) in [5.74, 6) is 0. The first-order valence-corrected chi connectivity index (χ1v) is 6.84. The van der Waals surface area contributed by atoms with Crippen molar-refractivity contribution in [2.75, 3.05) is 18.1 Å². The van der Waals surface area contributed by atoms with Crippen molar-refractivity contribution < 1.29 is 10.2 Å². The Balaban J connectivity index is 2.15. The van der Waals surface area contributed by atoms with E-state index in [4.69, 9.17) is 5.11 Å². The summed E-state index contributed by atoms with van der Waals surface area (Å²) >= 11 is 0. The normalized spacial score (nSPS) is 15.5. The van der Waals surface area contributed by atoms with Gasteiger partial charge in [0.25, 0.3) is 0 Å². The first-order valence-electron chi connectivity index (χ1n) is 6.84. The van der Waals surface area contributed by atoms with Crippen LogP contribution in [-0.2, 0) is 6.61 Å². The smallest absolute Gasteiger partial charge is 0.0684 e. The maximum absolute atomic E-state index is 9.21. The van der Waals surface area contributed by atoms with Crippen LogP contribution in [0.5, 0.6) is 0 Å². The lowest BCUT2D eigenvalue weighted by atomic mass is 9.90. The van der Waals surface area contributed by atoms with Gasteiger partial charge in [0.2, 0.25) is 0 Å². The molecule has 3 nitrogen and oxygen atoms in total. The number of aliphatic hydroxyl groups excluding tert-OH is 2. The molecule has 1 aromatic rings. The van der Waals surface area contributed by atoms with Gasteiger partial charge in [-0.2, -0.15) is 0 Å². The molecule has 0 radical (unpaired) electrons. The second-order valence-corrected chi connectivity index (χ2v) is 5.12. The number of hydrogen-bond donors (Lipinski definition) is 2. The fourth-order valence-electron chi connectivity index (χ4n) is 2.50. The van der Waals surface area contributed by atoms with Crippen LogP contribution in [0.1, 0.15) is 36.8 Å². The highest BCUT2D eigenvalue weighted by molar-refractivity contribution is 5.52. The molecule has 0 saturated heterocycles. The Hall–Kier alpha value is -1.06. The highest BCUT2D eigenvalue weighted by Gasteiger charge is 2.24. The van der Waals surface area contributed by atoms with Crippen LogP contribution < -0.4 is 4.90 Å². The molecule has 3 heteroatoms. The number of benzene rings is 1. The number of aliphatic hydroxyl groups is 2. The van der Waals surface area contributed by atoms with Crippen molar-refractivity contribution in [2.45, 2.75) is 45.3 Å². The van der Waals surface area contributed by atoms with Crippen LogP contribution in [0, 0.1) is 6.92 Å². The molecule has 0 bridgehead atoms. The molecule has 2 N–H and O–H groups in total. The first-order chi connectivity index (χ1) is 8.76. The minimum Gasteiger partial charge on any atom is -0.396 e. The fourth-order valence-corrected chi connectivity index (χ4v) is 2.50. The Kier molecular flexibility index (Phi) is 4.61. The molecular weight excluding hydrogens is 226 g/mol. The van der Waals surface area contributed by atoms with Crippen molar-refractivity contribution >= 4 is 5.69 Å². The molecule has 0 amide bonds. The Labute approximate surface area is 109 Å². The van der Waals surface area contributed by atoms with E-state index < -0.39 is 0 Å². The second-order valence-electron chi connectivity index (χ2n) is 5.12. The summed E-state index contributed by atoms with van der Waals surface area (Å²) in [6, 6.07) is 6.89. The SMILES string of the molecule is Cc1cc(N(CCCO)C2CCC2)ccc1CO. The van der Waals surface area contributed by atoms with Crippen molar-refractivity contribution in [3.63, 3.8) is 0 Å². The van der Waals surface area contributed by atoms with E-state index in [0.717, 1.165) is 24.1 Å². The zero-order chi connectivity index (χ0) is 13.0. The van der Waals surface area contributed by atoms with E-state index in [1.165, 1.54) is 24.9 Å². The molecule has 1 aliphatic rings. The summed E-state index contributed by atoms with van der Waals surface area (Å²) in [6.07, 6.45) is 4.64. The molecule has 18 heavy (non-hydrogen) atoms. The van der Waals surface area contributed by atoms with E-state index in [2.05, 4.69) is 17.0 Å². The van der Waals surface area contributed by atoms with Gasteiger partial charge < -0.3 is 15.1 Å². The van der Waals surface area contributed by atoms with Gasteiger partial charge in [-0.1, -0.05) is 6.07 Å². The maximum atomic E-state index is 9.21. The lowest BCUT2D eigenvalue weighted by Crippen LogP contribution is -2.41. The predicted molar refractivity (Wildman–Crippen MR) is 73.8 cm³/mol. The molecule has 1 fully saturated rings. The Morgan fingerprint density at radius 2 is 2.06 bits per heavy atom. The maximum Gasteiger partial charge on any atom is 0.0684 e. The fraction of sp³-hybridized carbons (Fsp3) is 0.600. The van der Waals surface area contributed by atoms with Gasteiger partial charge in [0.1, 0.15) is 0 Å². The summed E-state index contributed by atoms with van der Waals surface area (Å²) in [5, 5.41) is 18.2. The lowest BCUT2D eigenvalue weighted by Gasteiger charge is -2.39. The van der Waals surface area contributed by atoms with E-state index >= 15 is 0 Å². The van der Waals surface area contributed by atoms with Gasteiger partial charge in [0.05, 0.1) is 6.61 Å². The van der Waals surface area contributed by atoms with Gasteiger partial charge >= 0.3 is 0 Å². The van der Waals surface area contributed by atoms with Crippen molar-refractivity contribution in [2.24, 2.45) is 0 Å². The van der Waals surface area contributed by atoms with Crippen molar-refractivity contribution in [3.8, 4) is 0 Å². The van der Waals surface area contributed by atoms with Gasteiger partial charge in [-0.15, -0.1) is 0 Å². The van der Waals surface area contributed by atoms with Crippen molar-refractivity contribution in [1.82, 2.24) is 0 Å². The Morgan fingerprint density at radius 1 is 1.28 bits per heavy atom. The molecule has 1 aliphatic carbocycles. The summed E-state index contributed by atoms with van der Waals surface area (Å²) in [7, 11) is 0. The summed E-state index contributed by atoms with van der Waals surface area (Å²) in [4.78, 5) is 2.41. The van der Waals surface area contributed by atoms with Crippen LogP contribution in [0.15, 0.2) is 18.2 Å². The molecule has 0 heterocycles. The quantitative estimate of drug-likeness (QED) is 0.812. The first kappa shape index (κ1) is 13.4. The number of hydrogen-bond acceptors (Lipinski definition) is 3. The van der Waals surface area contributed by atoms with Crippen molar-refractivity contribution in [1.29, 1.82) is 0 Å². The van der Waals surface area contributed by atoms with E-state index in [1.807, 2.05) is 13.0 Å². The molecule has 0 unspecified atom stereocenters. The Morgan fingerprint density at radius 3 is 2.56 bits per heavy atom. The number of rotatable bonds is 6. The molecule has 0 spiro atoms. The van der Waals surface area contributed by atoms with Gasteiger partial charge in [-0.3, -0.25) is 0 Å². The number of anilines is 1. The van der Waals surface area contributed by atoms with Crippen LogP contribution in [-0.4, -0.2) is 29.4 Å². The van der Waals surface area contributed by atoms with Crippen molar-refractivity contribution in [3.05, 3.63) is 29.3 Å². The van der Waals surface area contributed by atoms with E-state index in [9.17, 15) is 5.11 Å². The zero-order valence-corrected chi connectivity index (χ0v) is 11.1. The highest BCUT2D eigenvalue weighted by Crippen LogP contribution is 2.30. The monoisotopic (exact) mass is 249 g/mol. The van der Waals surface area contributed by atoms with Crippen LogP contribution in [0.4, 0.5) is 5.69 Å². The highest BCUT2D eigenvalue weighted by atomic mass is 16.3. The molecular formula is C15H23NO2. The summed E-state index contributed by atoms with van der Waals surface area (Å²) < 4.78 is 0. The third kappa shape index (κ3) is 2.85. The third-order valence-corrected chi connectivity index (χ3v) is 3.90. The molecule has 1 aromatic carbocycles. The zero-order valence-electron chi connectivity index (χ0n) is 11.1. The van der Waals surface area contributed by atoms with Crippen LogP contribution in [0.3, 0.4) is 0 Å². The molecule has 0 aromatic heterocycles. The molecule has 0 aliphatic heterocycles. The predicted octanol–water partition coefficient (Wildman–Crippen LogP) is 2.23. The van der Waals surface area contributed by atoms with Crippen LogP contribution in [0.2, 0.25) is 0 Å². The third-order valence-electron chi connectivity index (χ3n) is 3.90. The summed E-state index contributed by atoms with van der Waals surface area (Å²) in [6.45, 7) is 3.31. The van der Waals surface area contributed by atoms with E-state index in [0.29, 0.717) is 6.04 Å². The Bertz CT molecular complexity index is 388. The van der Waals surface area contributed by atoms with Gasteiger partial charge in [-0.25, -0.2) is 0 Å². The minimum atomic E-state index is 0.103. The molecule has 2 rings (SSSR count). The second kappa shape index (κ2) is 6.21. The molecule has 0 atom stereocenters. The molecule has 1 saturated carbocycles. The van der Waals surface area contributed by atoms with Gasteiger partial charge in [-0.05, 0) is 55.9 Å². The van der Waals surface area contributed by atoms with E-state index in [-0.39, 0.29) is 13.2 Å².